The van der Waals surface area contributed by atoms with Gasteiger partial charge in [-0.3, -0.25) is 4.79 Å². The molecular formula is C26H28N4O3. The van der Waals surface area contributed by atoms with E-state index < -0.39 is 0 Å². The Bertz CT molecular complexity index is 1160. The van der Waals surface area contributed by atoms with E-state index in [0.717, 1.165) is 32.2 Å². The van der Waals surface area contributed by atoms with Gasteiger partial charge >= 0.3 is 0 Å². The van der Waals surface area contributed by atoms with Crippen LogP contribution in [0.3, 0.4) is 0 Å². The van der Waals surface area contributed by atoms with Crippen molar-refractivity contribution in [1.29, 1.82) is 5.26 Å². The fourth-order valence-corrected chi connectivity index (χ4v) is 5.25. The molecule has 2 fully saturated rings. The van der Waals surface area contributed by atoms with Crippen LogP contribution in [0.1, 0.15) is 54.1 Å². The molecule has 33 heavy (non-hydrogen) atoms. The van der Waals surface area contributed by atoms with Gasteiger partial charge in [0, 0.05) is 25.6 Å². The highest BCUT2D eigenvalue weighted by molar-refractivity contribution is 5.80. The molecule has 2 aromatic heterocycles. The van der Waals surface area contributed by atoms with Crippen molar-refractivity contribution in [3.8, 4) is 17.7 Å². The molecule has 0 aliphatic carbocycles. The highest BCUT2D eigenvalue weighted by Crippen LogP contribution is 2.37. The van der Waals surface area contributed by atoms with Crippen molar-refractivity contribution in [1.82, 2.24) is 9.88 Å². The topological polar surface area (TPSA) is 86.5 Å². The number of hydrogen-bond donors (Lipinski definition) is 0. The fraction of sp³-hybridized carbons (Fsp3) is 0.423. The lowest BCUT2D eigenvalue weighted by Crippen LogP contribution is -2.42. The van der Waals surface area contributed by atoms with Crippen LogP contribution in [0.5, 0.6) is 0 Å². The van der Waals surface area contributed by atoms with Gasteiger partial charge in [-0.2, -0.15) is 10.2 Å². The molecule has 2 aliphatic heterocycles. The molecule has 7 nitrogen and oxygen atoms in total. The van der Waals surface area contributed by atoms with Crippen LogP contribution in [0.15, 0.2) is 45.4 Å². The number of benzene rings is 1. The molecule has 1 unspecified atom stereocenters. The molecule has 7 heteroatoms. The maximum absolute atomic E-state index is 13.5. The molecule has 4 heterocycles. The minimum atomic E-state index is -0.00856. The summed E-state index contributed by atoms with van der Waals surface area (Å²) in [6, 6.07) is 12.4. The number of anilines is 1. The van der Waals surface area contributed by atoms with Gasteiger partial charge in [0.05, 0.1) is 12.3 Å². The lowest BCUT2D eigenvalue weighted by Gasteiger charge is -2.35. The van der Waals surface area contributed by atoms with Gasteiger partial charge in [0.2, 0.25) is 17.5 Å². The Hall–Kier alpha value is -3.53. The predicted octanol–water partition coefficient (Wildman–Crippen LogP) is 5.00. The quantitative estimate of drug-likeness (QED) is 0.563. The highest BCUT2D eigenvalue weighted by atomic mass is 16.4. The molecule has 5 rings (SSSR count). The SMILES string of the molecule is Cc1cc(C)cc(C2CCCN2C(=O)C2CCN(c3oc(-c4ccco4)nc3C#N)CC2)c1. The Morgan fingerprint density at radius 2 is 1.88 bits per heavy atom. The molecular weight excluding hydrogens is 416 g/mol. The van der Waals surface area contributed by atoms with E-state index >= 15 is 0 Å². The van der Waals surface area contributed by atoms with Crippen molar-refractivity contribution < 1.29 is 13.6 Å². The molecule has 2 aliphatic rings. The van der Waals surface area contributed by atoms with Crippen molar-refractivity contribution >= 4 is 11.8 Å². The summed E-state index contributed by atoms with van der Waals surface area (Å²) < 4.78 is 11.2. The minimum Gasteiger partial charge on any atom is -0.459 e. The Morgan fingerprint density at radius 3 is 2.55 bits per heavy atom. The van der Waals surface area contributed by atoms with Gasteiger partial charge < -0.3 is 18.6 Å². The zero-order valence-corrected chi connectivity index (χ0v) is 19.1. The number of nitriles is 1. The van der Waals surface area contributed by atoms with E-state index in [9.17, 15) is 10.1 Å². The van der Waals surface area contributed by atoms with E-state index in [-0.39, 0.29) is 23.6 Å². The van der Waals surface area contributed by atoms with E-state index in [4.69, 9.17) is 8.83 Å². The van der Waals surface area contributed by atoms with Crippen LogP contribution in [-0.2, 0) is 4.79 Å². The number of aromatic nitrogens is 1. The standard InChI is InChI=1S/C26H28N4O3/c1-17-13-18(2)15-20(14-17)22-5-3-9-30(22)25(31)19-7-10-29(11-8-19)26-21(16-27)28-24(33-26)23-6-4-12-32-23/h4,6,12-15,19,22H,3,5,7-11H2,1-2H3. The van der Waals surface area contributed by atoms with Crippen molar-refractivity contribution in [2.45, 2.75) is 45.6 Å². The number of aryl methyl sites for hydroxylation is 2. The van der Waals surface area contributed by atoms with E-state index in [1.165, 1.54) is 16.7 Å². The number of carbonyl (C=O) groups excluding carboxylic acids is 1. The fourth-order valence-electron chi connectivity index (χ4n) is 5.25. The van der Waals surface area contributed by atoms with Crippen LogP contribution in [-0.4, -0.2) is 35.4 Å². The normalized spacial score (nSPS) is 19.1. The van der Waals surface area contributed by atoms with Crippen LogP contribution in [0, 0.1) is 31.1 Å². The van der Waals surface area contributed by atoms with Gasteiger partial charge in [-0.25, -0.2) is 0 Å². The van der Waals surface area contributed by atoms with Gasteiger partial charge in [-0.15, -0.1) is 0 Å². The largest absolute Gasteiger partial charge is 0.459 e. The lowest BCUT2D eigenvalue weighted by atomic mass is 9.93. The summed E-state index contributed by atoms with van der Waals surface area (Å²) in [4.78, 5) is 21.9. The number of carbonyl (C=O) groups is 1. The Kier molecular flexibility index (Phi) is 5.67. The van der Waals surface area contributed by atoms with Gasteiger partial charge in [-0.1, -0.05) is 29.3 Å². The van der Waals surface area contributed by atoms with Crippen LogP contribution >= 0.6 is 0 Å². The van der Waals surface area contributed by atoms with Gasteiger partial charge in [0.25, 0.3) is 5.89 Å². The van der Waals surface area contributed by atoms with Crippen LogP contribution in [0.2, 0.25) is 0 Å². The minimum absolute atomic E-state index is 0.00856. The molecule has 0 spiro atoms. The van der Waals surface area contributed by atoms with Crippen molar-refractivity contribution in [3.05, 3.63) is 59.0 Å². The number of piperidine rings is 1. The summed E-state index contributed by atoms with van der Waals surface area (Å²) >= 11 is 0. The summed E-state index contributed by atoms with van der Waals surface area (Å²) in [5.74, 6) is 1.51. The van der Waals surface area contributed by atoms with Crippen molar-refractivity contribution in [2.75, 3.05) is 24.5 Å². The number of rotatable bonds is 4. The first kappa shape index (κ1) is 21.3. The third-order valence-corrected chi connectivity index (χ3v) is 6.74. The number of amides is 1. The predicted molar refractivity (Wildman–Crippen MR) is 123 cm³/mol. The zero-order chi connectivity index (χ0) is 22.9. The molecule has 1 atom stereocenters. The summed E-state index contributed by atoms with van der Waals surface area (Å²) in [6.45, 7) is 6.36. The summed E-state index contributed by atoms with van der Waals surface area (Å²) in [5, 5.41) is 9.53. The maximum Gasteiger partial charge on any atom is 0.266 e. The van der Waals surface area contributed by atoms with Crippen LogP contribution in [0.25, 0.3) is 11.7 Å². The monoisotopic (exact) mass is 444 g/mol. The number of nitrogens with zero attached hydrogens (tertiary/aromatic N) is 4. The first-order valence-corrected chi connectivity index (χ1v) is 11.6. The molecule has 1 aromatic carbocycles. The smallest absolute Gasteiger partial charge is 0.266 e. The van der Waals surface area contributed by atoms with Crippen LogP contribution in [0.4, 0.5) is 5.88 Å². The third-order valence-electron chi connectivity index (χ3n) is 6.74. The first-order valence-electron chi connectivity index (χ1n) is 11.6. The molecule has 3 aromatic rings. The molecule has 0 radical (unpaired) electrons. The van der Waals surface area contributed by atoms with Gasteiger partial charge in [0.15, 0.2) is 5.76 Å². The highest BCUT2D eigenvalue weighted by Gasteiger charge is 2.36. The second-order valence-electron chi connectivity index (χ2n) is 9.13. The molecule has 170 valence electrons. The van der Waals surface area contributed by atoms with E-state index in [1.807, 2.05) is 4.90 Å². The second-order valence-corrected chi connectivity index (χ2v) is 9.13. The van der Waals surface area contributed by atoms with Gasteiger partial charge in [0.1, 0.15) is 6.07 Å². The molecule has 0 bridgehead atoms. The van der Waals surface area contributed by atoms with E-state index in [1.54, 1.807) is 18.4 Å². The number of furan rings is 1. The average Bonchev–Trinajstić information content (AvgIpc) is 3.58. The summed E-state index contributed by atoms with van der Waals surface area (Å²) in [7, 11) is 0. The van der Waals surface area contributed by atoms with E-state index in [2.05, 4.69) is 48.0 Å². The van der Waals surface area contributed by atoms with Gasteiger partial charge in [-0.05, 0) is 57.2 Å². The third kappa shape index (κ3) is 4.13. The van der Waals surface area contributed by atoms with Crippen molar-refractivity contribution in [2.24, 2.45) is 5.92 Å². The summed E-state index contributed by atoms with van der Waals surface area (Å²) in [5.41, 5.74) is 3.99. The van der Waals surface area contributed by atoms with Crippen molar-refractivity contribution in [3.63, 3.8) is 0 Å². The lowest BCUT2D eigenvalue weighted by molar-refractivity contribution is -0.137. The Labute approximate surface area is 193 Å². The van der Waals surface area contributed by atoms with E-state index in [0.29, 0.717) is 30.6 Å². The molecule has 0 N–H and O–H groups in total. The maximum atomic E-state index is 13.5. The molecule has 2 saturated heterocycles. The number of oxazole rings is 1. The number of hydrogen-bond acceptors (Lipinski definition) is 6. The summed E-state index contributed by atoms with van der Waals surface area (Å²) in [6.07, 6.45) is 5.08. The first-order chi connectivity index (χ1) is 16.0. The zero-order valence-electron chi connectivity index (χ0n) is 19.1. The number of likely N-dealkylation sites (tertiary alicyclic amines) is 1. The average molecular weight is 445 g/mol. The van der Waals surface area contributed by atoms with Crippen LogP contribution < -0.4 is 4.90 Å². The Balaban J connectivity index is 1.27. The molecule has 0 saturated carbocycles. The molecule has 1 amide bonds. The second kappa shape index (κ2) is 8.78. The Morgan fingerprint density at radius 1 is 1.12 bits per heavy atom.